The first-order valence-corrected chi connectivity index (χ1v) is 7.05. The number of thioether (sulfide) groups is 1. The van der Waals surface area contributed by atoms with Crippen LogP contribution in [-0.2, 0) is 9.59 Å². The molecule has 0 spiro atoms. The van der Waals surface area contributed by atoms with Gasteiger partial charge < -0.3 is 10.0 Å². The number of carbonyl (C=O) groups is 2. The molecule has 0 aromatic heterocycles. The second kappa shape index (κ2) is 7.78. The molecule has 6 heteroatoms. The van der Waals surface area contributed by atoms with E-state index >= 15 is 0 Å². The number of aliphatic carboxylic acids is 1. The molecular weight excluding hydrogens is 269 g/mol. The molecule has 1 aromatic rings. The summed E-state index contributed by atoms with van der Waals surface area (Å²) in [5, 5.41) is 8.49. The number of nitrogens with zero attached hydrogens (tertiary/aromatic N) is 1. The minimum atomic E-state index is -0.870. The Morgan fingerprint density at radius 1 is 1.32 bits per heavy atom. The summed E-state index contributed by atoms with van der Waals surface area (Å²) in [6.07, 6.45) is 0.0423. The molecule has 104 valence electrons. The Morgan fingerprint density at radius 3 is 2.47 bits per heavy atom. The van der Waals surface area contributed by atoms with Gasteiger partial charge in [0.15, 0.2) is 0 Å². The third kappa shape index (κ3) is 5.30. The van der Waals surface area contributed by atoms with Crippen LogP contribution < -0.4 is 4.90 Å². The fourth-order valence-corrected chi connectivity index (χ4v) is 2.31. The smallest absolute Gasteiger partial charge is 0.304 e. The first-order valence-electron chi connectivity index (χ1n) is 5.90. The molecule has 0 saturated heterocycles. The van der Waals surface area contributed by atoms with Gasteiger partial charge >= 0.3 is 5.97 Å². The molecule has 0 saturated carbocycles. The van der Waals surface area contributed by atoms with Crippen molar-refractivity contribution < 1.29 is 19.1 Å². The van der Waals surface area contributed by atoms with Crippen molar-refractivity contribution in [2.75, 3.05) is 23.0 Å². The summed E-state index contributed by atoms with van der Waals surface area (Å²) >= 11 is 1.29. The second-order valence-electron chi connectivity index (χ2n) is 3.81. The molecule has 19 heavy (non-hydrogen) atoms. The number of carboxylic acid groups (broad SMARTS) is 1. The number of carboxylic acids is 1. The number of benzene rings is 1. The van der Waals surface area contributed by atoms with E-state index in [2.05, 4.69) is 0 Å². The van der Waals surface area contributed by atoms with E-state index in [0.29, 0.717) is 18.0 Å². The molecule has 0 bridgehead atoms. The summed E-state index contributed by atoms with van der Waals surface area (Å²) in [6.45, 7) is 2.33. The summed E-state index contributed by atoms with van der Waals surface area (Å²) in [7, 11) is 0. The van der Waals surface area contributed by atoms with Crippen LogP contribution in [0.4, 0.5) is 10.1 Å². The fourth-order valence-electron chi connectivity index (χ4n) is 1.52. The Labute approximate surface area is 115 Å². The number of rotatable bonds is 7. The highest BCUT2D eigenvalue weighted by Crippen LogP contribution is 2.16. The molecule has 0 aliphatic carbocycles. The monoisotopic (exact) mass is 285 g/mol. The molecule has 1 amide bonds. The van der Waals surface area contributed by atoms with Crippen LogP contribution in [0.3, 0.4) is 0 Å². The molecule has 1 aromatic carbocycles. The second-order valence-corrected chi connectivity index (χ2v) is 4.92. The number of halogens is 1. The topological polar surface area (TPSA) is 57.6 Å². The number of carbonyl (C=O) groups excluding carboxylic acids is 1. The van der Waals surface area contributed by atoms with Gasteiger partial charge in [-0.2, -0.15) is 11.8 Å². The zero-order valence-corrected chi connectivity index (χ0v) is 11.5. The Balaban J connectivity index is 2.52. The minimum Gasteiger partial charge on any atom is -0.481 e. The Hall–Kier alpha value is -1.56. The third-order valence-electron chi connectivity index (χ3n) is 2.44. The Bertz CT molecular complexity index is 436. The number of hydrogen-bond donors (Lipinski definition) is 1. The predicted molar refractivity (Wildman–Crippen MR) is 74.0 cm³/mol. The van der Waals surface area contributed by atoms with Gasteiger partial charge in [0.2, 0.25) is 5.91 Å². The van der Waals surface area contributed by atoms with Gasteiger partial charge in [-0.05, 0) is 31.2 Å². The van der Waals surface area contributed by atoms with E-state index in [9.17, 15) is 14.0 Å². The van der Waals surface area contributed by atoms with E-state index in [-0.39, 0.29) is 23.9 Å². The summed E-state index contributed by atoms with van der Waals surface area (Å²) in [5.41, 5.74) is 0.646. The van der Waals surface area contributed by atoms with E-state index in [1.165, 1.54) is 23.9 Å². The maximum Gasteiger partial charge on any atom is 0.304 e. The van der Waals surface area contributed by atoms with Crippen LogP contribution in [0.2, 0.25) is 0 Å². The molecule has 0 aliphatic rings. The van der Waals surface area contributed by atoms with Gasteiger partial charge in [-0.25, -0.2) is 4.39 Å². The Kier molecular flexibility index (Phi) is 6.35. The molecule has 4 nitrogen and oxygen atoms in total. The average molecular weight is 285 g/mol. The van der Waals surface area contributed by atoms with Crippen molar-refractivity contribution in [3.63, 3.8) is 0 Å². The Morgan fingerprint density at radius 2 is 1.95 bits per heavy atom. The van der Waals surface area contributed by atoms with Crippen LogP contribution >= 0.6 is 11.8 Å². The first-order chi connectivity index (χ1) is 9.04. The van der Waals surface area contributed by atoms with Gasteiger partial charge in [0.1, 0.15) is 5.82 Å². The van der Waals surface area contributed by atoms with E-state index in [0.717, 1.165) is 0 Å². The van der Waals surface area contributed by atoms with Crippen molar-refractivity contribution >= 4 is 29.3 Å². The van der Waals surface area contributed by atoms with Gasteiger partial charge in [0.25, 0.3) is 0 Å². The highest BCUT2D eigenvalue weighted by molar-refractivity contribution is 7.99. The quantitative estimate of drug-likeness (QED) is 0.781. The molecule has 0 unspecified atom stereocenters. The predicted octanol–water partition coefficient (Wildman–Crippen LogP) is 2.39. The molecule has 0 radical (unpaired) electrons. The molecule has 0 fully saturated rings. The van der Waals surface area contributed by atoms with E-state index < -0.39 is 5.97 Å². The van der Waals surface area contributed by atoms with Crippen LogP contribution in [0.1, 0.15) is 13.3 Å². The molecule has 1 N–H and O–H groups in total. The largest absolute Gasteiger partial charge is 0.481 e. The van der Waals surface area contributed by atoms with Gasteiger partial charge in [-0.15, -0.1) is 0 Å². The van der Waals surface area contributed by atoms with Gasteiger partial charge in [0.05, 0.1) is 12.2 Å². The lowest BCUT2D eigenvalue weighted by molar-refractivity contribution is -0.136. The normalized spacial score (nSPS) is 10.2. The van der Waals surface area contributed by atoms with Gasteiger partial charge in [0, 0.05) is 18.0 Å². The summed E-state index contributed by atoms with van der Waals surface area (Å²) in [5.74, 6) is -0.695. The number of anilines is 1. The molecule has 0 atom stereocenters. The zero-order valence-electron chi connectivity index (χ0n) is 10.6. The SMILES string of the molecule is CCN(C(=O)CSCCC(=O)O)c1ccc(F)cc1. The van der Waals surface area contributed by atoms with Crippen LogP contribution in [0.15, 0.2) is 24.3 Å². The highest BCUT2D eigenvalue weighted by atomic mass is 32.2. The van der Waals surface area contributed by atoms with Gasteiger partial charge in [-0.1, -0.05) is 0 Å². The van der Waals surface area contributed by atoms with Crippen molar-refractivity contribution in [2.45, 2.75) is 13.3 Å². The lowest BCUT2D eigenvalue weighted by atomic mass is 10.3. The summed E-state index contributed by atoms with van der Waals surface area (Å²) in [4.78, 5) is 23.9. The van der Waals surface area contributed by atoms with E-state index in [1.807, 2.05) is 6.92 Å². The van der Waals surface area contributed by atoms with Crippen LogP contribution in [-0.4, -0.2) is 35.0 Å². The van der Waals surface area contributed by atoms with Crippen LogP contribution in [0.25, 0.3) is 0 Å². The van der Waals surface area contributed by atoms with Gasteiger partial charge in [-0.3, -0.25) is 9.59 Å². The zero-order chi connectivity index (χ0) is 14.3. The standard InChI is InChI=1S/C13H16FNO3S/c1-2-15(11-5-3-10(14)4-6-11)12(16)9-19-8-7-13(17)18/h3-6H,2,7-9H2,1H3,(H,17,18). The third-order valence-corrected chi connectivity index (χ3v) is 3.39. The maximum atomic E-state index is 12.8. The van der Waals surface area contributed by atoms with Crippen molar-refractivity contribution in [1.82, 2.24) is 0 Å². The average Bonchev–Trinajstić information content (AvgIpc) is 2.37. The highest BCUT2D eigenvalue weighted by Gasteiger charge is 2.13. The first kappa shape index (κ1) is 15.5. The summed E-state index contributed by atoms with van der Waals surface area (Å²) < 4.78 is 12.8. The van der Waals surface area contributed by atoms with Crippen LogP contribution in [0.5, 0.6) is 0 Å². The fraction of sp³-hybridized carbons (Fsp3) is 0.385. The van der Waals surface area contributed by atoms with Crippen molar-refractivity contribution in [3.05, 3.63) is 30.1 Å². The van der Waals surface area contributed by atoms with E-state index in [4.69, 9.17) is 5.11 Å². The molecule has 1 rings (SSSR count). The maximum absolute atomic E-state index is 12.8. The lowest BCUT2D eigenvalue weighted by Crippen LogP contribution is -2.32. The molecular formula is C13H16FNO3S. The van der Waals surface area contributed by atoms with Crippen molar-refractivity contribution in [1.29, 1.82) is 0 Å². The van der Waals surface area contributed by atoms with Crippen molar-refractivity contribution in [3.8, 4) is 0 Å². The van der Waals surface area contributed by atoms with Crippen LogP contribution in [0, 0.1) is 5.82 Å². The van der Waals surface area contributed by atoms with Crippen molar-refractivity contribution in [2.24, 2.45) is 0 Å². The molecule has 0 heterocycles. The number of amides is 1. The van der Waals surface area contributed by atoms with E-state index in [1.54, 1.807) is 17.0 Å². The lowest BCUT2D eigenvalue weighted by Gasteiger charge is -2.20. The molecule has 0 aliphatic heterocycles. The number of hydrogen-bond acceptors (Lipinski definition) is 3. The minimum absolute atomic E-state index is 0.0423. The summed E-state index contributed by atoms with van der Waals surface area (Å²) in [6, 6.07) is 5.73.